The van der Waals surface area contributed by atoms with Gasteiger partial charge in [0.25, 0.3) is 11.5 Å². The number of nitrogens with one attached hydrogen (secondary N) is 1. The first kappa shape index (κ1) is 17.4. The van der Waals surface area contributed by atoms with Crippen LogP contribution in [0.3, 0.4) is 0 Å². The summed E-state index contributed by atoms with van der Waals surface area (Å²) in [5.74, 6) is 0.178. The van der Waals surface area contributed by atoms with Gasteiger partial charge in [0.1, 0.15) is 5.75 Å². The standard InChI is InChI=1S/C18H19N5O3/c1-13-10-15(26-2)11-17(24)22(13)9-8-19-18(25)16-12-20-23(21-16)14-6-4-3-5-7-14/h3-7,10-12H,8-9H2,1-2H3,(H,19,25). The Morgan fingerprint density at radius 3 is 2.69 bits per heavy atom. The fourth-order valence-corrected chi connectivity index (χ4v) is 2.53. The molecule has 134 valence electrons. The smallest absolute Gasteiger partial charge is 0.273 e. The molecule has 2 heterocycles. The molecule has 0 spiro atoms. The molecule has 3 rings (SSSR count). The maximum absolute atomic E-state index is 12.2. The van der Waals surface area contributed by atoms with Crippen molar-refractivity contribution < 1.29 is 9.53 Å². The molecule has 1 aromatic carbocycles. The number of aryl methyl sites for hydroxylation is 1. The summed E-state index contributed by atoms with van der Waals surface area (Å²) in [5, 5.41) is 11.0. The number of aromatic nitrogens is 4. The molecule has 1 N–H and O–H groups in total. The lowest BCUT2D eigenvalue weighted by molar-refractivity contribution is 0.0946. The number of pyridine rings is 1. The number of methoxy groups -OCH3 is 1. The minimum Gasteiger partial charge on any atom is -0.496 e. The van der Waals surface area contributed by atoms with Crippen LogP contribution in [0.1, 0.15) is 16.2 Å². The molecule has 0 unspecified atom stereocenters. The average molecular weight is 353 g/mol. The van der Waals surface area contributed by atoms with E-state index in [2.05, 4.69) is 15.5 Å². The second-order valence-corrected chi connectivity index (χ2v) is 5.64. The number of hydrogen-bond acceptors (Lipinski definition) is 5. The van der Waals surface area contributed by atoms with Crippen molar-refractivity contribution >= 4 is 5.91 Å². The summed E-state index contributed by atoms with van der Waals surface area (Å²) in [6.07, 6.45) is 1.41. The number of rotatable bonds is 6. The molecule has 2 aromatic heterocycles. The van der Waals surface area contributed by atoms with Crippen molar-refractivity contribution in [3.63, 3.8) is 0 Å². The average Bonchev–Trinajstić information content (AvgIpc) is 3.14. The predicted octanol–water partition coefficient (Wildman–Crippen LogP) is 1.18. The number of amides is 1. The Morgan fingerprint density at radius 2 is 2.00 bits per heavy atom. The highest BCUT2D eigenvalue weighted by Crippen LogP contribution is 2.08. The summed E-state index contributed by atoms with van der Waals surface area (Å²) in [7, 11) is 1.52. The highest BCUT2D eigenvalue weighted by Gasteiger charge is 2.11. The molecule has 0 aliphatic rings. The minimum atomic E-state index is -0.341. The summed E-state index contributed by atoms with van der Waals surface area (Å²) < 4.78 is 6.64. The van der Waals surface area contributed by atoms with E-state index < -0.39 is 0 Å². The number of benzene rings is 1. The molecule has 8 nitrogen and oxygen atoms in total. The summed E-state index contributed by atoms with van der Waals surface area (Å²) >= 11 is 0. The Balaban J connectivity index is 1.62. The molecule has 0 aliphatic carbocycles. The normalized spacial score (nSPS) is 10.5. The maximum atomic E-state index is 12.2. The van der Waals surface area contributed by atoms with Gasteiger partial charge >= 0.3 is 0 Å². The lowest BCUT2D eigenvalue weighted by atomic mass is 10.3. The Hall–Kier alpha value is -3.42. The lowest BCUT2D eigenvalue weighted by Gasteiger charge is -2.11. The zero-order valence-electron chi connectivity index (χ0n) is 14.5. The van der Waals surface area contributed by atoms with Crippen LogP contribution in [0.5, 0.6) is 5.75 Å². The van der Waals surface area contributed by atoms with Crippen molar-refractivity contribution in [3.05, 3.63) is 70.4 Å². The van der Waals surface area contributed by atoms with Gasteiger partial charge in [0.05, 0.1) is 19.0 Å². The van der Waals surface area contributed by atoms with Crippen molar-refractivity contribution in [2.24, 2.45) is 0 Å². The molecule has 0 saturated carbocycles. The summed E-state index contributed by atoms with van der Waals surface area (Å²) in [6, 6.07) is 12.5. The van der Waals surface area contributed by atoms with Gasteiger partial charge in [-0.25, -0.2) is 0 Å². The molecule has 0 saturated heterocycles. The highest BCUT2D eigenvalue weighted by atomic mass is 16.5. The van der Waals surface area contributed by atoms with E-state index >= 15 is 0 Å². The van der Waals surface area contributed by atoms with Crippen LogP contribution in [0.2, 0.25) is 0 Å². The largest absolute Gasteiger partial charge is 0.496 e. The van der Waals surface area contributed by atoms with Crippen LogP contribution in [0.4, 0.5) is 0 Å². The SMILES string of the molecule is COc1cc(C)n(CCNC(=O)c2cnn(-c3ccccc3)n2)c(=O)c1. The first-order valence-corrected chi connectivity index (χ1v) is 8.10. The molecule has 0 fully saturated rings. The van der Waals surface area contributed by atoms with Gasteiger partial charge in [-0.1, -0.05) is 18.2 Å². The van der Waals surface area contributed by atoms with Crippen LogP contribution in [0, 0.1) is 6.92 Å². The third-order valence-corrected chi connectivity index (χ3v) is 3.88. The van der Waals surface area contributed by atoms with Crippen molar-refractivity contribution in [2.75, 3.05) is 13.7 Å². The van der Waals surface area contributed by atoms with Crippen LogP contribution >= 0.6 is 0 Å². The second-order valence-electron chi connectivity index (χ2n) is 5.64. The van der Waals surface area contributed by atoms with E-state index in [-0.39, 0.29) is 17.2 Å². The highest BCUT2D eigenvalue weighted by molar-refractivity contribution is 5.91. The van der Waals surface area contributed by atoms with E-state index in [4.69, 9.17) is 4.74 Å². The summed E-state index contributed by atoms with van der Waals surface area (Å²) in [5.41, 5.74) is 1.57. The topological polar surface area (TPSA) is 91.0 Å². The van der Waals surface area contributed by atoms with Gasteiger partial charge in [-0.3, -0.25) is 9.59 Å². The molecular formula is C18H19N5O3. The molecule has 1 amide bonds. The number of carbonyl (C=O) groups is 1. The van der Waals surface area contributed by atoms with Gasteiger partial charge in [0.15, 0.2) is 5.69 Å². The molecule has 26 heavy (non-hydrogen) atoms. The van der Waals surface area contributed by atoms with Gasteiger partial charge < -0.3 is 14.6 Å². The molecule has 3 aromatic rings. The van der Waals surface area contributed by atoms with Crippen molar-refractivity contribution in [1.82, 2.24) is 24.9 Å². The minimum absolute atomic E-state index is 0.175. The Bertz CT molecular complexity index is 962. The van der Waals surface area contributed by atoms with Gasteiger partial charge in [0, 0.05) is 24.8 Å². The number of carbonyl (C=O) groups excluding carboxylic acids is 1. The summed E-state index contributed by atoms with van der Waals surface area (Å²) in [6.45, 7) is 2.47. The van der Waals surface area contributed by atoms with E-state index in [0.717, 1.165) is 11.4 Å². The molecular weight excluding hydrogens is 334 g/mol. The Labute approximate surface area is 150 Å². The Morgan fingerprint density at radius 1 is 1.23 bits per heavy atom. The first-order chi connectivity index (χ1) is 12.6. The second kappa shape index (κ2) is 7.64. The summed E-state index contributed by atoms with van der Waals surface area (Å²) in [4.78, 5) is 25.7. The molecule has 0 aliphatic heterocycles. The zero-order chi connectivity index (χ0) is 18.5. The van der Waals surface area contributed by atoms with E-state index in [1.807, 2.05) is 37.3 Å². The van der Waals surface area contributed by atoms with Gasteiger partial charge in [0.2, 0.25) is 0 Å². The molecule has 0 bridgehead atoms. The van der Waals surface area contributed by atoms with Crippen LogP contribution < -0.4 is 15.6 Å². The number of hydrogen-bond donors (Lipinski definition) is 1. The maximum Gasteiger partial charge on any atom is 0.273 e. The van der Waals surface area contributed by atoms with E-state index in [9.17, 15) is 9.59 Å². The van der Waals surface area contributed by atoms with E-state index in [1.165, 1.54) is 24.2 Å². The van der Waals surface area contributed by atoms with Crippen LogP contribution in [0.15, 0.2) is 53.5 Å². The van der Waals surface area contributed by atoms with Gasteiger partial charge in [-0.05, 0) is 25.1 Å². The van der Waals surface area contributed by atoms with Crippen molar-refractivity contribution in [1.29, 1.82) is 0 Å². The predicted molar refractivity (Wildman–Crippen MR) is 95.7 cm³/mol. The lowest BCUT2D eigenvalue weighted by Crippen LogP contribution is -2.31. The van der Waals surface area contributed by atoms with Crippen LogP contribution in [-0.2, 0) is 6.54 Å². The Kier molecular flexibility index (Phi) is 5.12. The van der Waals surface area contributed by atoms with Gasteiger partial charge in [-0.2, -0.15) is 9.90 Å². The fraction of sp³-hybridized carbons (Fsp3) is 0.222. The van der Waals surface area contributed by atoms with Crippen molar-refractivity contribution in [3.8, 4) is 11.4 Å². The quantitative estimate of drug-likeness (QED) is 0.718. The van der Waals surface area contributed by atoms with Crippen molar-refractivity contribution in [2.45, 2.75) is 13.5 Å². The molecule has 0 atom stereocenters. The monoisotopic (exact) mass is 353 g/mol. The molecule has 0 radical (unpaired) electrons. The van der Waals surface area contributed by atoms with Gasteiger partial charge in [-0.15, -0.1) is 5.10 Å². The molecule has 8 heteroatoms. The van der Waals surface area contributed by atoms with E-state index in [1.54, 1.807) is 10.6 Å². The fourth-order valence-electron chi connectivity index (χ4n) is 2.53. The number of ether oxygens (including phenoxy) is 1. The van der Waals surface area contributed by atoms with E-state index in [0.29, 0.717) is 18.8 Å². The van der Waals surface area contributed by atoms with Crippen LogP contribution in [-0.4, -0.2) is 39.1 Å². The third kappa shape index (κ3) is 3.80. The first-order valence-electron chi connectivity index (χ1n) is 8.10. The number of nitrogens with zero attached hydrogens (tertiary/aromatic N) is 4. The third-order valence-electron chi connectivity index (χ3n) is 3.88. The van der Waals surface area contributed by atoms with Crippen LogP contribution in [0.25, 0.3) is 5.69 Å². The zero-order valence-corrected chi connectivity index (χ0v) is 14.5. The number of para-hydroxylation sites is 1.